The van der Waals surface area contributed by atoms with E-state index in [1.54, 1.807) is 34.0 Å². The number of hydrazine groups is 1. The largest absolute Gasteiger partial charge is 0.497 e. The Hall–Kier alpha value is -4.37. The van der Waals surface area contributed by atoms with Crippen molar-refractivity contribution in [1.29, 1.82) is 0 Å². The number of rotatable bonds is 7. The van der Waals surface area contributed by atoms with E-state index in [0.717, 1.165) is 22.4 Å². The Morgan fingerprint density at radius 2 is 1.62 bits per heavy atom. The summed E-state index contributed by atoms with van der Waals surface area (Å²) in [6.45, 7) is 3.05. The van der Waals surface area contributed by atoms with E-state index in [-0.39, 0.29) is 30.9 Å². The summed E-state index contributed by atoms with van der Waals surface area (Å²) >= 11 is 0. The van der Waals surface area contributed by atoms with E-state index in [1.807, 2.05) is 61.5 Å². The molecule has 0 bridgehead atoms. The average Bonchev–Trinajstić information content (AvgIpc) is 2.97. The number of carbonyl (C=O) groups is 3. The van der Waals surface area contributed by atoms with Crippen molar-refractivity contribution in [1.82, 2.24) is 25.1 Å². The van der Waals surface area contributed by atoms with E-state index >= 15 is 0 Å². The van der Waals surface area contributed by atoms with Crippen LogP contribution in [0.3, 0.4) is 0 Å². The van der Waals surface area contributed by atoms with Gasteiger partial charge in [-0.2, -0.15) is 0 Å². The van der Waals surface area contributed by atoms with Crippen LogP contribution < -0.4 is 10.1 Å². The molecule has 2 heterocycles. The molecule has 2 aliphatic heterocycles. The second-order valence-electron chi connectivity index (χ2n) is 10.3. The Labute approximate surface area is 234 Å². The number of methoxy groups -OCH3 is 1. The number of carbonyl (C=O) groups excluding carboxylic acids is 3. The van der Waals surface area contributed by atoms with Gasteiger partial charge < -0.3 is 19.9 Å². The monoisotopic (exact) mass is 541 g/mol. The molecule has 1 unspecified atom stereocenters. The summed E-state index contributed by atoms with van der Waals surface area (Å²) in [6.07, 6.45) is 0.0243. The molecule has 208 valence electrons. The summed E-state index contributed by atoms with van der Waals surface area (Å²) in [5.74, 6) is 0.419. The average molecular weight is 542 g/mol. The summed E-state index contributed by atoms with van der Waals surface area (Å²) in [5, 5.41) is 6.21. The van der Waals surface area contributed by atoms with Crippen molar-refractivity contribution in [2.45, 2.75) is 32.1 Å². The summed E-state index contributed by atoms with van der Waals surface area (Å²) in [6, 6.07) is 23.9. The molecule has 0 saturated carbocycles. The zero-order chi connectivity index (χ0) is 28.2. The van der Waals surface area contributed by atoms with E-state index in [4.69, 9.17) is 4.74 Å². The second kappa shape index (κ2) is 11.8. The molecule has 5 rings (SSSR count). The molecule has 2 aliphatic rings. The quantitative estimate of drug-likeness (QED) is 0.496. The van der Waals surface area contributed by atoms with Crippen LogP contribution in [0, 0.1) is 6.92 Å². The standard InChI is InChI=1S/C31H35N5O4/c1-22-9-11-23(12-10-22)17-18-34-20-27-35(29(30(34)38)25-7-5-4-6-8-25)28(37)21-33(2)36(27)31(39)32-19-24-13-15-26(40-3)16-14-24/h4-16,27,29H,17-21H2,1-3H3,(H,32,39)/t27?,29-/m0/s1. The first-order chi connectivity index (χ1) is 19.4. The predicted molar refractivity (Wildman–Crippen MR) is 151 cm³/mol. The van der Waals surface area contributed by atoms with Crippen LogP contribution in [-0.4, -0.2) is 77.6 Å². The normalized spacial score (nSPS) is 19.4. The SMILES string of the molecule is COc1ccc(CNC(=O)N2C3CN(CCc4ccc(C)cc4)C(=O)[C@H](c4ccccc4)N3C(=O)CN2C)cc1. The van der Waals surface area contributed by atoms with Crippen molar-refractivity contribution in [3.8, 4) is 5.75 Å². The van der Waals surface area contributed by atoms with E-state index < -0.39 is 12.2 Å². The van der Waals surface area contributed by atoms with Crippen molar-refractivity contribution in [2.75, 3.05) is 33.8 Å². The second-order valence-corrected chi connectivity index (χ2v) is 10.3. The van der Waals surface area contributed by atoms with Crippen LogP contribution in [0.4, 0.5) is 4.79 Å². The van der Waals surface area contributed by atoms with E-state index in [0.29, 0.717) is 19.5 Å². The lowest BCUT2D eigenvalue weighted by atomic mass is 9.98. The zero-order valence-corrected chi connectivity index (χ0v) is 23.1. The molecule has 4 amide bonds. The molecule has 0 aromatic heterocycles. The number of ether oxygens (including phenoxy) is 1. The third kappa shape index (κ3) is 5.65. The number of nitrogens with zero attached hydrogens (tertiary/aromatic N) is 4. The van der Waals surface area contributed by atoms with Crippen LogP contribution in [-0.2, 0) is 22.6 Å². The van der Waals surface area contributed by atoms with Crippen LogP contribution in [0.1, 0.15) is 28.3 Å². The van der Waals surface area contributed by atoms with Crippen LogP contribution in [0.5, 0.6) is 5.75 Å². The van der Waals surface area contributed by atoms with Gasteiger partial charge in [-0.05, 0) is 42.2 Å². The summed E-state index contributed by atoms with van der Waals surface area (Å²) in [5.41, 5.74) is 3.96. The van der Waals surface area contributed by atoms with Gasteiger partial charge in [0.25, 0.3) is 0 Å². The van der Waals surface area contributed by atoms with Gasteiger partial charge in [-0.25, -0.2) is 14.8 Å². The maximum Gasteiger partial charge on any atom is 0.334 e. The Bertz CT molecular complexity index is 1350. The molecule has 0 spiro atoms. The van der Waals surface area contributed by atoms with E-state index in [2.05, 4.69) is 29.6 Å². The molecule has 3 aromatic rings. The lowest BCUT2D eigenvalue weighted by molar-refractivity contribution is -0.187. The lowest BCUT2D eigenvalue weighted by Gasteiger charge is -2.54. The molecule has 0 aliphatic carbocycles. The van der Waals surface area contributed by atoms with Gasteiger partial charge in [0.2, 0.25) is 11.8 Å². The number of urea groups is 1. The fraction of sp³-hybridized carbons (Fsp3) is 0.323. The van der Waals surface area contributed by atoms with Gasteiger partial charge in [0.15, 0.2) is 0 Å². The zero-order valence-electron chi connectivity index (χ0n) is 23.1. The Balaban J connectivity index is 1.41. The lowest BCUT2D eigenvalue weighted by Crippen LogP contribution is -2.73. The minimum atomic E-state index is -0.809. The van der Waals surface area contributed by atoms with Crippen molar-refractivity contribution >= 4 is 17.8 Å². The van der Waals surface area contributed by atoms with Gasteiger partial charge in [0, 0.05) is 20.1 Å². The molecule has 3 aromatic carbocycles. The number of amides is 4. The van der Waals surface area contributed by atoms with Gasteiger partial charge in [0.05, 0.1) is 20.2 Å². The van der Waals surface area contributed by atoms with Crippen LogP contribution in [0.15, 0.2) is 78.9 Å². The fourth-order valence-electron chi connectivity index (χ4n) is 5.38. The number of fused-ring (bicyclic) bond motifs is 1. The molecule has 2 fully saturated rings. The molecule has 9 heteroatoms. The van der Waals surface area contributed by atoms with Crippen LogP contribution in [0.2, 0.25) is 0 Å². The highest BCUT2D eigenvalue weighted by Crippen LogP contribution is 2.34. The van der Waals surface area contributed by atoms with Gasteiger partial charge in [0.1, 0.15) is 18.0 Å². The first kappa shape index (κ1) is 27.2. The van der Waals surface area contributed by atoms with Gasteiger partial charge in [-0.1, -0.05) is 72.3 Å². The maximum absolute atomic E-state index is 13.9. The number of aryl methyl sites for hydroxylation is 1. The molecule has 2 atom stereocenters. The van der Waals surface area contributed by atoms with Gasteiger partial charge >= 0.3 is 6.03 Å². The summed E-state index contributed by atoms with van der Waals surface area (Å²) in [7, 11) is 3.34. The Morgan fingerprint density at radius 1 is 0.950 bits per heavy atom. The summed E-state index contributed by atoms with van der Waals surface area (Å²) < 4.78 is 5.22. The number of likely N-dealkylation sites (N-methyl/N-ethyl adjacent to an activating group) is 1. The number of hydrogen-bond donors (Lipinski definition) is 1. The molecule has 2 saturated heterocycles. The number of piperazine rings is 1. The van der Waals surface area contributed by atoms with Crippen LogP contribution in [0.25, 0.3) is 0 Å². The highest BCUT2D eigenvalue weighted by atomic mass is 16.5. The van der Waals surface area contributed by atoms with E-state index in [1.165, 1.54) is 5.56 Å². The van der Waals surface area contributed by atoms with Gasteiger partial charge in [-0.15, -0.1) is 0 Å². The minimum absolute atomic E-state index is 0.00750. The third-order valence-electron chi connectivity index (χ3n) is 7.55. The molecular formula is C31H35N5O4. The number of hydrogen-bond acceptors (Lipinski definition) is 5. The molecule has 1 N–H and O–H groups in total. The smallest absolute Gasteiger partial charge is 0.334 e. The highest BCUT2D eigenvalue weighted by molar-refractivity contribution is 5.92. The molecule has 0 radical (unpaired) electrons. The first-order valence-corrected chi connectivity index (χ1v) is 13.5. The van der Waals surface area contributed by atoms with E-state index in [9.17, 15) is 14.4 Å². The number of benzene rings is 3. The molecule has 9 nitrogen and oxygen atoms in total. The van der Waals surface area contributed by atoms with Crippen molar-refractivity contribution < 1.29 is 19.1 Å². The molecular weight excluding hydrogens is 506 g/mol. The first-order valence-electron chi connectivity index (χ1n) is 13.5. The Kier molecular flexibility index (Phi) is 8.02. The molecule has 40 heavy (non-hydrogen) atoms. The third-order valence-corrected chi connectivity index (χ3v) is 7.55. The van der Waals surface area contributed by atoms with Crippen molar-refractivity contribution in [2.24, 2.45) is 0 Å². The topological polar surface area (TPSA) is 85.4 Å². The number of nitrogens with one attached hydrogen (secondary N) is 1. The predicted octanol–water partition coefficient (Wildman–Crippen LogP) is 3.36. The van der Waals surface area contributed by atoms with Crippen molar-refractivity contribution in [3.63, 3.8) is 0 Å². The highest BCUT2D eigenvalue weighted by Gasteiger charge is 2.51. The van der Waals surface area contributed by atoms with Crippen LogP contribution >= 0.6 is 0 Å². The fourth-order valence-corrected chi connectivity index (χ4v) is 5.38. The summed E-state index contributed by atoms with van der Waals surface area (Å²) in [4.78, 5) is 44.3. The van der Waals surface area contributed by atoms with Gasteiger partial charge in [-0.3, -0.25) is 9.59 Å². The maximum atomic E-state index is 13.9. The minimum Gasteiger partial charge on any atom is -0.497 e. The Morgan fingerprint density at radius 3 is 2.30 bits per heavy atom. The van der Waals surface area contributed by atoms with Crippen molar-refractivity contribution in [3.05, 3.63) is 101 Å².